The van der Waals surface area contributed by atoms with Crippen LogP contribution in [0.3, 0.4) is 0 Å². The molecule has 2 N–H and O–H groups in total. The summed E-state index contributed by atoms with van der Waals surface area (Å²) in [7, 11) is -5.79. The Bertz CT molecular complexity index is 1370. The van der Waals surface area contributed by atoms with Gasteiger partial charge in [-0.25, -0.2) is 16.8 Å². The van der Waals surface area contributed by atoms with Crippen molar-refractivity contribution in [2.75, 3.05) is 44.3 Å². The van der Waals surface area contributed by atoms with Gasteiger partial charge in [-0.15, -0.1) is 11.3 Å². The molecule has 1 aromatic carbocycles. The van der Waals surface area contributed by atoms with Crippen LogP contribution in [0.2, 0.25) is 0 Å². The lowest BCUT2D eigenvalue weighted by molar-refractivity contribution is -0.00832. The fourth-order valence-corrected chi connectivity index (χ4v) is 7.52. The Morgan fingerprint density at radius 2 is 1.93 bits per heavy atom. The summed E-state index contributed by atoms with van der Waals surface area (Å²) in [4.78, 5) is 15.5. The van der Waals surface area contributed by atoms with Crippen molar-refractivity contribution in [2.24, 2.45) is 5.92 Å². The second kappa shape index (κ2) is 14.3. The van der Waals surface area contributed by atoms with Crippen LogP contribution in [0.1, 0.15) is 50.4 Å². The summed E-state index contributed by atoms with van der Waals surface area (Å²) in [5.41, 5.74) is 0.369. The Morgan fingerprint density at radius 3 is 2.56 bits per heavy atom. The molecule has 0 radical (unpaired) electrons. The average molecular weight is 632 g/mol. The maximum absolute atomic E-state index is 14.0. The minimum Gasteiger partial charge on any atom is -0.490 e. The van der Waals surface area contributed by atoms with Crippen molar-refractivity contribution in [3.05, 3.63) is 41.3 Å². The standard InChI is InChI=1S/C27H41N3O8S3/c1-19-16-30(20(2)18-31)27(32)23-15-22(28-40(5,33)34)11-12-24(23)38-21(3)9-6-7-13-37-25(19)17-29(4)41(35,36)26-10-8-14-39-26/h8,10-12,14-15,19-21,25,28,31H,6-7,9,13,16-18H2,1-5H3/t19-,20+,21+,25+/m1/s1. The first-order valence-corrected chi connectivity index (χ1v) is 17.8. The molecule has 4 atom stereocenters. The largest absolute Gasteiger partial charge is 0.490 e. The van der Waals surface area contributed by atoms with Gasteiger partial charge >= 0.3 is 0 Å². The van der Waals surface area contributed by atoms with Crippen molar-refractivity contribution in [3.63, 3.8) is 0 Å². The molecule has 0 saturated carbocycles. The van der Waals surface area contributed by atoms with Gasteiger partial charge in [0.1, 0.15) is 9.96 Å². The molecule has 11 nitrogen and oxygen atoms in total. The third kappa shape index (κ3) is 9.13. The molecule has 1 aliphatic heterocycles. The van der Waals surface area contributed by atoms with E-state index < -0.39 is 38.1 Å². The van der Waals surface area contributed by atoms with E-state index in [4.69, 9.17) is 9.47 Å². The number of ether oxygens (including phenoxy) is 2. The minimum absolute atomic E-state index is 0.0788. The molecule has 0 saturated heterocycles. The predicted octanol–water partition coefficient (Wildman–Crippen LogP) is 3.24. The summed E-state index contributed by atoms with van der Waals surface area (Å²) in [6.07, 6.45) is 2.46. The van der Waals surface area contributed by atoms with Crippen molar-refractivity contribution in [3.8, 4) is 5.75 Å². The minimum atomic E-state index is -3.71. The number of carbonyl (C=O) groups is 1. The molecule has 0 spiro atoms. The van der Waals surface area contributed by atoms with Crippen LogP contribution in [-0.4, -0.2) is 94.9 Å². The number of hydrogen-bond acceptors (Lipinski definition) is 9. The Labute approximate surface area is 247 Å². The van der Waals surface area contributed by atoms with Crippen LogP contribution in [-0.2, 0) is 24.8 Å². The van der Waals surface area contributed by atoms with Crippen molar-refractivity contribution in [1.82, 2.24) is 9.21 Å². The van der Waals surface area contributed by atoms with Gasteiger partial charge in [0.15, 0.2) is 0 Å². The van der Waals surface area contributed by atoms with E-state index in [2.05, 4.69) is 4.72 Å². The van der Waals surface area contributed by atoms with Crippen molar-refractivity contribution < 1.29 is 36.2 Å². The highest BCUT2D eigenvalue weighted by atomic mass is 32.2. The molecule has 0 fully saturated rings. The fraction of sp³-hybridized carbons (Fsp3) is 0.593. The number of aliphatic hydroxyl groups is 1. The van der Waals surface area contributed by atoms with Gasteiger partial charge in [0.05, 0.1) is 36.7 Å². The van der Waals surface area contributed by atoms with Gasteiger partial charge in [-0.3, -0.25) is 9.52 Å². The van der Waals surface area contributed by atoms with Gasteiger partial charge in [-0.2, -0.15) is 4.31 Å². The molecule has 1 aliphatic rings. The molecule has 3 rings (SSSR count). The lowest BCUT2D eigenvalue weighted by Crippen LogP contribution is -2.48. The Balaban J connectivity index is 1.98. The van der Waals surface area contributed by atoms with Gasteiger partial charge in [0, 0.05) is 38.3 Å². The number of carbonyl (C=O) groups excluding carboxylic acids is 1. The maximum atomic E-state index is 14.0. The van der Waals surface area contributed by atoms with Crippen molar-refractivity contribution in [1.29, 1.82) is 0 Å². The van der Waals surface area contributed by atoms with E-state index in [0.29, 0.717) is 18.8 Å². The maximum Gasteiger partial charge on any atom is 0.258 e. The van der Waals surface area contributed by atoms with E-state index in [1.54, 1.807) is 36.6 Å². The molecule has 230 valence electrons. The van der Waals surface area contributed by atoms with Crippen LogP contribution in [0.15, 0.2) is 39.9 Å². The molecule has 41 heavy (non-hydrogen) atoms. The number of hydrogen-bond donors (Lipinski definition) is 2. The number of aliphatic hydroxyl groups excluding tert-OH is 1. The second-order valence-corrected chi connectivity index (χ2v) is 15.6. The summed E-state index contributed by atoms with van der Waals surface area (Å²) in [5.74, 6) is -0.457. The van der Waals surface area contributed by atoms with Crippen molar-refractivity contribution in [2.45, 2.75) is 62.5 Å². The Morgan fingerprint density at radius 1 is 1.20 bits per heavy atom. The molecular weight excluding hydrogens is 591 g/mol. The van der Waals surface area contributed by atoms with Crippen LogP contribution >= 0.6 is 11.3 Å². The SMILES string of the molecule is C[C@@H]1CN([C@@H](C)CO)C(=O)c2cc(NS(C)(=O)=O)ccc2O[C@@H](C)CCCCO[C@H]1CN(C)S(=O)(=O)c1cccs1. The molecule has 1 aromatic heterocycles. The van der Waals surface area contributed by atoms with E-state index in [1.165, 1.54) is 22.3 Å². The molecule has 0 bridgehead atoms. The van der Waals surface area contributed by atoms with E-state index >= 15 is 0 Å². The average Bonchev–Trinajstić information content (AvgIpc) is 3.45. The van der Waals surface area contributed by atoms with E-state index in [0.717, 1.165) is 30.4 Å². The lowest BCUT2D eigenvalue weighted by Gasteiger charge is -2.35. The van der Waals surface area contributed by atoms with Crippen LogP contribution in [0.5, 0.6) is 5.75 Å². The first kappa shape index (κ1) is 33.3. The lowest BCUT2D eigenvalue weighted by atomic mass is 10.0. The normalized spacial score (nSPS) is 22.5. The number of nitrogens with zero attached hydrogens (tertiary/aromatic N) is 2. The third-order valence-corrected chi connectivity index (χ3v) is 10.8. The van der Waals surface area contributed by atoms with E-state index in [-0.39, 0.29) is 47.2 Å². The number of sulfonamides is 2. The van der Waals surface area contributed by atoms with E-state index in [9.17, 15) is 26.7 Å². The van der Waals surface area contributed by atoms with Gasteiger partial charge in [-0.1, -0.05) is 13.0 Å². The second-order valence-electron chi connectivity index (χ2n) is 10.6. The third-order valence-electron chi connectivity index (χ3n) is 6.95. The molecule has 1 amide bonds. The molecule has 0 aliphatic carbocycles. The first-order valence-electron chi connectivity index (χ1n) is 13.5. The predicted molar refractivity (Wildman–Crippen MR) is 159 cm³/mol. The summed E-state index contributed by atoms with van der Waals surface area (Å²) >= 11 is 1.14. The highest BCUT2D eigenvalue weighted by molar-refractivity contribution is 7.92. The number of benzene rings is 1. The molecule has 2 aromatic rings. The topological polar surface area (TPSA) is 143 Å². The van der Waals surface area contributed by atoms with E-state index in [1.807, 2.05) is 13.8 Å². The van der Waals surface area contributed by atoms with Crippen LogP contribution in [0.25, 0.3) is 0 Å². The van der Waals surface area contributed by atoms with Gasteiger partial charge < -0.3 is 19.5 Å². The molecule has 2 heterocycles. The molecule has 0 unspecified atom stereocenters. The number of amides is 1. The fourth-order valence-electron chi connectivity index (χ4n) is 4.58. The number of rotatable bonds is 8. The molecular formula is C27H41N3O8S3. The van der Waals surface area contributed by atoms with Crippen LogP contribution in [0.4, 0.5) is 5.69 Å². The monoisotopic (exact) mass is 631 g/mol. The number of nitrogens with one attached hydrogen (secondary N) is 1. The highest BCUT2D eigenvalue weighted by Crippen LogP contribution is 2.29. The van der Waals surface area contributed by atoms with Gasteiger partial charge in [-0.05, 0) is 62.8 Å². The highest BCUT2D eigenvalue weighted by Gasteiger charge is 2.32. The van der Waals surface area contributed by atoms with Gasteiger partial charge in [0.25, 0.3) is 15.9 Å². The zero-order valence-corrected chi connectivity index (χ0v) is 26.6. The summed E-state index contributed by atoms with van der Waals surface area (Å²) in [5, 5.41) is 11.8. The van der Waals surface area contributed by atoms with Crippen LogP contribution < -0.4 is 9.46 Å². The zero-order chi connectivity index (χ0) is 30.4. The summed E-state index contributed by atoms with van der Waals surface area (Å²) in [6.45, 7) is 5.81. The van der Waals surface area contributed by atoms with Gasteiger partial charge in [0.2, 0.25) is 10.0 Å². The van der Waals surface area contributed by atoms with Crippen molar-refractivity contribution >= 4 is 43.0 Å². The Hall–Kier alpha value is -2.23. The smallest absolute Gasteiger partial charge is 0.258 e. The summed E-state index contributed by atoms with van der Waals surface area (Å²) < 4.78 is 66.3. The quantitative estimate of drug-likeness (QED) is 0.452. The zero-order valence-electron chi connectivity index (χ0n) is 24.1. The first-order chi connectivity index (χ1) is 19.2. The number of fused-ring (bicyclic) bond motifs is 1. The molecule has 14 heteroatoms. The Kier molecular flexibility index (Phi) is 11.6. The number of likely N-dealkylation sites (N-methyl/N-ethyl adjacent to an activating group) is 1. The number of thiophene rings is 1. The summed E-state index contributed by atoms with van der Waals surface area (Å²) in [6, 6.07) is 7.21. The number of anilines is 1. The van der Waals surface area contributed by atoms with Crippen LogP contribution in [0, 0.1) is 5.92 Å².